The van der Waals surface area contributed by atoms with E-state index in [4.69, 9.17) is 4.74 Å². The van der Waals surface area contributed by atoms with Gasteiger partial charge in [-0.05, 0) is 31.7 Å². The number of carbonyl (C=O) groups is 1. The van der Waals surface area contributed by atoms with Crippen molar-refractivity contribution in [3.05, 3.63) is 29.2 Å². The number of likely N-dealkylation sites (tertiary alicyclic amines) is 1. The van der Waals surface area contributed by atoms with E-state index in [0.29, 0.717) is 43.9 Å². The summed E-state index contributed by atoms with van der Waals surface area (Å²) >= 11 is 0. The first kappa shape index (κ1) is 21.1. The number of halogens is 3. The van der Waals surface area contributed by atoms with E-state index < -0.39 is 11.9 Å². The van der Waals surface area contributed by atoms with Crippen molar-refractivity contribution in [3.8, 4) is 0 Å². The number of fused-ring (bicyclic) bond motifs is 1. The molecule has 0 spiro atoms. The lowest BCUT2D eigenvalue weighted by Crippen LogP contribution is -2.43. The van der Waals surface area contributed by atoms with Crippen molar-refractivity contribution in [2.45, 2.75) is 70.1 Å². The Morgan fingerprint density at radius 1 is 1.13 bits per heavy atom. The van der Waals surface area contributed by atoms with Crippen LogP contribution in [0.2, 0.25) is 0 Å². The van der Waals surface area contributed by atoms with Crippen molar-refractivity contribution in [2.75, 3.05) is 19.7 Å². The molecule has 4 rings (SSSR count). The summed E-state index contributed by atoms with van der Waals surface area (Å²) < 4.78 is 47.6. The van der Waals surface area contributed by atoms with Crippen molar-refractivity contribution >= 4 is 11.6 Å². The summed E-state index contributed by atoms with van der Waals surface area (Å²) in [5, 5.41) is 4.18. The van der Waals surface area contributed by atoms with Gasteiger partial charge >= 0.3 is 6.18 Å². The fraction of sp³-hybridized carbons (Fsp3) is 0.667. The smallest absolute Gasteiger partial charge is 0.368 e. The van der Waals surface area contributed by atoms with Gasteiger partial charge in [-0.2, -0.15) is 18.3 Å². The fourth-order valence-electron chi connectivity index (χ4n) is 4.14. The Kier molecular flexibility index (Phi) is 5.28. The Morgan fingerprint density at radius 3 is 2.40 bits per heavy atom. The second kappa shape index (κ2) is 7.51. The molecule has 2 saturated heterocycles. The molecule has 6 nitrogen and oxygen atoms in total. The lowest BCUT2D eigenvalue weighted by atomic mass is 9.92. The molecule has 0 radical (unpaired) electrons. The number of carbonyl (C=O) groups excluding carboxylic acids is 1. The molecule has 0 unspecified atom stereocenters. The summed E-state index contributed by atoms with van der Waals surface area (Å²) in [6.45, 7) is 7.34. The van der Waals surface area contributed by atoms with E-state index in [1.165, 1.54) is 0 Å². The first-order valence-corrected chi connectivity index (χ1v) is 10.4. The minimum atomic E-state index is -4.53. The highest BCUT2D eigenvalue weighted by Crippen LogP contribution is 2.35. The number of amides is 1. The summed E-state index contributed by atoms with van der Waals surface area (Å²) in [5.41, 5.74) is -0.00224. The fourth-order valence-corrected chi connectivity index (χ4v) is 4.14. The SMILES string of the molecule is CC(C)(C)c1cc2nc(C3CCN(C(=O)[C@@H]4CCCO4)CC3)cc(C(F)(F)F)n2n1. The molecule has 0 bridgehead atoms. The molecular weight excluding hydrogens is 397 g/mol. The van der Waals surface area contributed by atoms with E-state index >= 15 is 0 Å². The van der Waals surface area contributed by atoms with E-state index in [0.717, 1.165) is 23.4 Å². The van der Waals surface area contributed by atoms with Crippen LogP contribution in [0.3, 0.4) is 0 Å². The number of aromatic nitrogens is 3. The van der Waals surface area contributed by atoms with Gasteiger partial charge in [-0.3, -0.25) is 4.79 Å². The van der Waals surface area contributed by atoms with Gasteiger partial charge in [0.05, 0.1) is 5.69 Å². The maximum Gasteiger partial charge on any atom is 0.433 e. The number of rotatable bonds is 2. The van der Waals surface area contributed by atoms with Gasteiger partial charge in [-0.25, -0.2) is 9.50 Å². The summed E-state index contributed by atoms with van der Waals surface area (Å²) in [6.07, 6.45) is -2.11. The van der Waals surface area contributed by atoms with Crippen LogP contribution in [0.4, 0.5) is 13.2 Å². The molecule has 2 aliphatic rings. The van der Waals surface area contributed by atoms with Gasteiger partial charge in [0, 0.05) is 42.8 Å². The molecule has 4 heterocycles. The first-order valence-electron chi connectivity index (χ1n) is 10.4. The molecule has 0 aliphatic carbocycles. The van der Waals surface area contributed by atoms with Crippen LogP contribution < -0.4 is 0 Å². The zero-order valence-corrected chi connectivity index (χ0v) is 17.5. The Bertz CT molecular complexity index is 934. The van der Waals surface area contributed by atoms with Crippen molar-refractivity contribution < 1.29 is 22.7 Å². The Labute approximate surface area is 173 Å². The first-order chi connectivity index (χ1) is 14.0. The van der Waals surface area contributed by atoms with Gasteiger partial charge in [-0.15, -0.1) is 0 Å². The number of hydrogen-bond acceptors (Lipinski definition) is 4. The molecular formula is C21H27F3N4O2. The largest absolute Gasteiger partial charge is 0.433 e. The highest BCUT2D eigenvalue weighted by molar-refractivity contribution is 5.81. The highest BCUT2D eigenvalue weighted by atomic mass is 19.4. The quantitative estimate of drug-likeness (QED) is 0.733. The van der Waals surface area contributed by atoms with E-state index in [1.54, 1.807) is 11.0 Å². The topological polar surface area (TPSA) is 59.7 Å². The molecule has 0 aromatic carbocycles. The Hall–Kier alpha value is -2.16. The number of nitrogens with zero attached hydrogens (tertiary/aromatic N) is 4. The van der Waals surface area contributed by atoms with Crippen LogP contribution >= 0.6 is 0 Å². The lowest BCUT2D eigenvalue weighted by molar-refractivity contribution is -0.142. The molecule has 1 atom stereocenters. The molecule has 2 aliphatic heterocycles. The van der Waals surface area contributed by atoms with Gasteiger partial charge in [0.2, 0.25) is 0 Å². The van der Waals surface area contributed by atoms with Gasteiger partial charge in [0.1, 0.15) is 11.8 Å². The third-order valence-electron chi connectivity index (χ3n) is 5.94. The van der Waals surface area contributed by atoms with Crippen molar-refractivity contribution in [1.82, 2.24) is 19.5 Å². The highest BCUT2D eigenvalue weighted by Gasteiger charge is 2.37. The maximum atomic E-state index is 13.8. The standard InChI is InChI=1S/C21H27F3N4O2/c1-20(2,3)16-12-18-25-14(11-17(21(22,23)24)28(18)26-16)13-6-8-27(9-7-13)19(29)15-5-4-10-30-15/h11-13,15H,4-10H2,1-3H3/t15-/m0/s1. The van der Waals surface area contributed by atoms with Gasteiger partial charge in [0.15, 0.2) is 5.65 Å². The van der Waals surface area contributed by atoms with Crippen LogP contribution in [0.1, 0.15) is 69.5 Å². The summed E-state index contributed by atoms with van der Waals surface area (Å²) in [5.74, 6) is -0.131. The molecule has 164 valence electrons. The lowest BCUT2D eigenvalue weighted by Gasteiger charge is -2.33. The minimum Gasteiger partial charge on any atom is -0.368 e. The molecule has 9 heteroatoms. The van der Waals surface area contributed by atoms with Crippen LogP contribution in [0.25, 0.3) is 5.65 Å². The molecule has 30 heavy (non-hydrogen) atoms. The van der Waals surface area contributed by atoms with E-state index in [-0.39, 0.29) is 29.0 Å². The summed E-state index contributed by atoms with van der Waals surface area (Å²) in [4.78, 5) is 18.8. The Balaban J connectivity index is 1.59. The summed E-state index contributed by atoms with van der Waals surface area (Å²) in [7, 11) is 0. The molecule has 1 amide bonds. The average Bonchev–Trinajstić information content (AvgIpc) is 3.35. The molecule has 0 saturated carbocycles. The number of hydrogen-bond donors (Lipinski definition) is 0. The number of alkyl halides is 3. The third-order valence-corrected chi connectivity index (χ3v) is 5.94. The van der Waals surface area contributed by atoms with Crippen LogP contribution in [-0.4, -0.2) is 51.2 Å². The summed E-state index contributed by atoms with van der Waals surface area (Å²) in [6, 6.07) is 2.75. The molecule has 0 N–H and O–H groups in total. The third kappa shape index (κ3) is 4.04. The Morgan fingerprint density at radius 2 is 1.83 bits per heavy atom. The van der Waals surface area contributed by atoms with Gasteiger partial charge in [0.25, 0.3) is 5.91 Å². The van der Waals surface area contributed by atoms with E-state index in [1.807, 2.05) is 20.8 Å². The molecule has 2 fully saturated rings. The maximum absolute atomic E-state index is 13.8. The van der Waals surface area contributed by atoms with Crippen molar-refractivity contribution in [3.63, 3.8) is 0 Å². The monoisotopic (exact) mass is 424 g/mol. The number of ether oxygens (including phenoxy) is 1. The molecule has 2 aromatic heterocycles. The molecule has 2 aromatic rings. The van der Waals surface area contributed by atoms with E-state index in [2.05, 4.69) is 10.1 Å². The number of piperidine rings is 1. The van der Waals surface area contributed by atoms with Crippen molar-refractivity contribution in [2.24, 2.45) is 0 Å². The zero-order valence-electron chi connectivity index (χ0n) is 17.5. The predicted molar refractivity (Wildman–Crippen MR) is 104 cm³/mol. The van der Waals surface area contributed by atoms with Gasteiger partial charge in [-0.1, -0.05) is 20.8 Å². The van der Waals surface area contributed by atoms with Crippen LogP contribution in [-0.2, 0) is 21.1 Å². The van der Waals surface area contributed by atoms with Crippen molar-refractivity contribution in [1.29, 1.82) is 0 Å². The van der Waals surface area contributed by atoms with E-state index in [9.17, 15) is 18.0 Å². The van der Waals surface area contributed by atoms with Crippen LogP contribution in [0.5, 0.6) is 0 Å². The van der Waals surface area contributed by atoms with Crippen LogP contribution in [0, 0.1) is 0 Å². The predicted octanol–water partition coefficient (Wildman–Crippen LogP) is 3.93. The average molecular weight is 424 g/mol. The second-order valence-corrected chi connectivity index (χ2v) is 9.21. The minimum absolute atomic E-state index is 0.00375. The van der Waals surface area contributed by atoms with Gasteiger partial charge < -0.3 is 9.64 Å². The second-order valence-electron chi connectivity index (χ2n) is 9.21. The van der Waals surface area contributed by atoms with Crippen LogP contribution in [0.15, 0.2) is 12.1 Å². The normalized spacial score (nSPS) is 21.5. The zero-order chi connectivity index (χ0) is 21.7.